The summed E-state index contributed by atoms with van der Waals surface area (Å²) in [4.78, 5) is 4.72. The molecular weight excluding hydrogens is 258 g/mol. The fourth-order valence-corrected chi connectivity index (χ4v) is 3.17. The molecule has 0 aliphatic carbocycles. The van der Waals surface area contributed by atoms with Gasteiger partial charge < -0.3 is 15.1 Å². The first-order valence-corrected chi connectivity index (χ1v) is 7.34. The van der Waals surface area contributed by atoms with E-state index in [1.54, 1.807) is 0 Å². The molecule has 106 valence electrons. The van der Waals surface area contributed by atoms with Gasteiger partial charge in [-0.05, 0) is 51.7 Å². The van der Waals surface area contributed by atoms with Crippen LogP contribution in [0.5, 0.6) is 0 Å². The molecule has 0 saturated carbocycles. The minimum atomic E-state index is 0.586. The second kappa shape index (κ2) is 6.60. The maximum atomic E-state index is 6.46. The number of nitrogens with zero attached hydrogens (tertiary/aromatic N) is 2. The second-order valence-electron chi connectivity index (χ2n) is 5.57. The summed E-state index contributed by atoms with van der Waals surface area (Å²) in [6.45, 7) is 3.07. The van der Waals surface area contributed by atoms with Crippen molar-refractivity contribution in [2.45, 2.75) is 25.4 Å². The van der Waals surface area contributed by atoms with Crippen molar-refractivity contribution >= 4 is 17.3 Å². The summed E-state index contributed by atoms with van der Waals surface area (Å²) in [7, 11) is 6.22. The largest absolute Gasteiger partial charge is 0.366 e. The number of anilines is 1. The van der Waals surface area contributed by atoms with E-state index >= 15 is 0 Å². The third kappa shape index (κ3) is 3.62. The molecule has 1 heterocycles. The number of halogens is 1. The van der Waals surface area contributed by atoms with Crippen LogP contribution in [0.2, 0.25) is 5.02 Å². The van der Waals surface area contributed by atoms with Crippen LogP contribution in [0.3, 0.4) is 0 Å². The van der Waals surface area contributed by atoms with Crippen molar-refractivity contribution in [2.24, 2.45) is 0 Å². The maximum absolute atomic E-state index is 6.46. The van der Waals surface area contributed by atoms with Gasteiger partial charge in [0.15, 0.2) is 0 Å². The van der Waals surface area contributed by atoms with Crippen LogP contribution in [0.4, 0.5) is 5.69 Å². The number of hydrogen-bond donors (Lipinski definition) is 1. The van der Waals surface area contributed by atoms with Gasteiger partial charge in [0.1, 0.15) is 0 Å². The van der Waals surface area contributed by atoms with E-state index in [0.29, 0.717) is 6.04 Å². The second-order valence-corrected chi connectivity index (χ2v) is 5.97. The Morgan fingerprint density at radius 2 is 2.21 bits per heavy atom. The van der Waals surface area contributed by atoms with Gasteiger partial charge in [0.05, 0.1) is 10.7 Å². The van der Waals surface area contributed by atoms with Gasteiger partial charge >= 0.3 is 0 Å². The van der Waals surface area contributed by atoms with Crippen molar-refractivity contribution in [3.63, 3.8) is 0 Å². The first kappa shape index (κ1) is 14.6. The Morgan fingerprint density at radius 3 is 2.84 bits per heavy atom. The zero-order valence-corrected chi connectivity index (χ0v) is 12.9. The summed E-state index contributed by atoms with van der Waals surface area (Å²) in [6, 6.07) is 7.01. The fourth-order valence-electron chi connectivity index (χ4n) is 2.86. The van der Waals surface area contributed by atoms with Crippen LogP contribution in [0.15, 0.2) is 18.2 Å². The van der Waals surface area contributed by atoms with Crippen molar-refractivity contribution in [2.75, 3.05) is 39.1 Å². The Morgan fingerprint density at radius 1 is 1.42 bits per heavy atom. The maximum Gasteiger partial charge on any atom is 0.0642 e. The molecule has 0 spiro atoms. The van der Waals surface area contributed by atoms with Crippen molar-refractivity contribution in [1.82, 2.24) is 10.2 Å². The van der Waals surface area contributed by atoms with E-state index in [9.17, 15) is 0 Å². The molecule has 1 atom stereocenters. The first-order chi connectivity index (χ1) is 9.11. The lowest BCUT2D eigenvalue weighted by molar-refractivity contribution is 0.372. The average Bonchev–Trinajstić information content (AvgIpc) is 2.77. The van der Waals surface area contributed by atoms with Crippen LogP contribution in [-0.4, -0.2) is 45.2 Å². The van der Waals surface area contributed by atoms with E-state index in [2.05, 4.69) is 47.4 Å². The zero-order chi connectivity index (χ0) is 13.8. The van der Waals surface area contributed by atoms with Gasteiger partial charge in [-0.2, -0.15) is 0 Å². The first-order valence-electron chi connectivity index (χ1n) is 6.96. The van der Waals surface area contributed by atoms with E-state index in [4.69, 9.17) is 11.6 Å². The zero-order valence-electron chi connectivity index (χ0n) is 12.1. The quantitative estimate of drug-likeness (QED) is 0.895. The fraction of sp³-hybridized carbons (Fsp3) is 0.600. The van der Waals surface area contributed by atoms with Crippen LogP contribution in [0.1, 0.15) is 18.4 Å². The highest BCUT2D eigenvalue weighted by Crippen LogP contribution is 2.32. The van der Waals surface area contributed by atoms with Gasteiger partial charge in [0.2, 0.25) is 0 Å². The molecule has 1 aromatic rings. The van der Waals surface area contributed by atoms with Gasteiger partial charge in [0.25, 0.3) is 0 Å². The van der Waals surface area contributed by atoms with E-state index < -0.39 is 0 Å². The van der Waals surface area contributed by atoms with Gasteiger partial charge in [0, 0.05) is 25.7 Å². The van der Waals surface area contributed by atoms with E-state index in [-0.39, 0.29) is 0 Å². The number of benzene rings is 1. The molecule has 0 bridgehead atoms. The molecule has 0 radical (unpaired) electrons. The van der Waals surface area contributed by atoms with Crippen molar-refractivity contribution in [3.05, 3.63) is 28.8 Å². The summed E-state index contributed by atoms with van der Waals surface area (Å²) < 4.78 is 0. The normalized spacial score (nSPS) is 19.4. The lowest BCUT2D eigenvalue weighted by Crippen LogP contribution is -2.37. The Bertz CT molecular complexity index is 420. The van der Waals surface area contributed by atoms with E-state index in [0.717, 1.165) is 24.7 Å². The SMILES string of the molecule is CNCc1ccc(N2CCCC2CN(C)C)c(Cl)c1. The Kier molecular flexibility index (Phi) is 5.08. The van der Waals surface area contributed by atoms with Gasteiger partial charge in [-0.25, -0.2) is 0 Å². The molecule has 1 saturated heterocycles. The van der Waals surface area contributed by atoms with Crippen molar-refractivity contribution < 1.29 is 0 Å². The smallest absolute Gasteiger partial charge is 0.0642 e. The molecule has 1 unspecified atom stereocenters. The summed E-state index contributed by atoms with van der Waals surface area (Å²) >= 11 is 6.46. The molecule has 1 aliphatic heterocycles. The standard InChI is InChI=1S/C15H24ClN3/c1-17-10-12-6-7-15(14(16)9-12)19-8-4-5-13(19)11-18(2)3/h6-7,9,13,17H,4-5,8,10-11H2,1-3H3. The van der Waals surface area contributed by atoms with Gasteiger partial charge in [-0.3, -0.25) is 0 Å². The number of likely N-dealkylation sites (N-methyl/N-ethyl adjacent to an activating group) is 1. The van der Waals surface area contributed by atoms with Crippen molar-refractivity contribution in [1.29, 1.82) is 0 Å². The molecule has 1 aliphatic rings. The topological polar surface area (TPSA) is 18.5 Å². The van der Waals surface area contributed by atoms with Crippen LogP contribution < -0.4 is 10.2 Å². The Balaban J connectivity index is 2.16. The molecule has 1 fully saturated rings. The summed E-state index contributed by atoms with van der Waals surface area (Å²) in [5, 5.41) is 4.03. The lowest BCUT2D eigenvalue weighted by Gasteiger charge is -2.30. The van der Waals surface area contributed by atoms with Gasteiger partial charge in [-0.15, -0.1) is 0 Å². The third-order valence-electron chi connectivity index (χ3n) is 3.66. The molecular formula is C15H24ClN3. The molecule has 19 heavy (non-hydrogen) atoms. The minimum absolute atomic E-state index is 0.586. The van der Waals surface area contributed by atoms with Crippen LogP contribution >= 0.6 is 11.6 Å². The predicted octanol–water partition coefficient (Wildman–Crippen LogP) is 2.59. The monoisotopic (exact) mass is 281 g/mol. The Labute approximate surface area is 121 Å². The molecule has 2 rings (SSSR count). The lowest BCUT2D eigenvalue weighted by atomic mass is 10.1. The summed E-state index contributed by atoms with van der Waals surface area (Å²) in [6.07, 6.45) is 2.51. The Hall–Kier alpha value is -0.770. The van der Waals surface area contributed by atoms with Crippen molar-refractivity contribution in [3.8, 4) is 0 Å². The molecule has 0 amide bonds. The average molecular weight is 282 g/mol. The molecule has 3 nitrogen and oxygen atoms in total. The molecule has 1 N–H and O–H groups in total. The summed E-state index contributed by atoms with van der Waals surface area (Å²) in [5.74, 6) is 0. The van der Waals surface area contributed by atoms with Crippen LogP contribution in [0.25, 0.3) is 0 Å². The van der Waals surface area contributed by atoms with Crippen LogP contribution in [-0.2, 0) is 6.54 Å². The highest BCUT2D eigenvalue weighted by molar-refractivity contribution is 6.33. The summed E-state index contributed by atoms with van der Waals surface area (Å²) in [5.41, 5.74) is 2.42. The molecule has 1 aromatic carbocycles. The third-order valence-corrected chi connectivity index (χ3v) is 3.96. The highest BCUT2D eigenvalue weighted by Gasteiger charge is 2.26. The number of hydrogen-bond acceptors (Lipinski definition) is 3. The minimum Gasteiger partial charge on any atom is -0.366 e. The molecule has 4 heteroatoms. The highest BCUT2D eigenvalue weighted by atomic mass is 35.5. The molecule has 0 aromatic heterocycles. The van der Waals surface area contributed by atoms with E-state index in [1.165, 1.54) is 24.1 Å². The van der Waals surface area contributed by atoms with Crippen LogP contribution in [0, 0.1) is 0 Å². The number of rotatable bonds is 5. The van der Waals surface area contributed by atoms with Gasteiger partial charge in [-0.1, -0.05) is 17.7 Å². The van der Waals surface area contributed by atoms with E-state index in [1.807, 2.05) is 7.05 Å². The predicted molar refractivity (Wildman–Crippen MR) is 83.1 cm³/mol. The number of nitrogens with one attached hydrogen (secondary N) is 1.